The SMILES string of the molecule is CCN(CC(=O)NC(C)C)C(=O)COC(=O)c1c(C)nn(-c2ccc(F)cc2)c1Cl. The van der Waals surface area contributed by atoms with Gasteiger partial charge >= 0.3 is 5.97 Å². The van der Waals surface area contributed by atoms with Gasteiger partial charge in [-0.2, -0.15) is 5.10 Å². The van der Waals surface area contributed by atoms with E-state index in [1.165, 1.54) is 33.8 Å². The molecule has 0 atom stereocenters. The van der Waals surface area contributed by atoms with Crippen molar-refractivity contribution >= 4 is 29.4 Å². The Morgan fingerprint density at radius 2 is 1.90 bits per heavy atom. The minimum atomic E-state index is -0.818. The van der Waals surface area contributed by atoms with Gasteiger partial charge in [-0.25, -0.2) is 13.9 Å². The predicted molar refractivity (Wildman–Crippen MR) is 109 cm³/mol. The summed E-state index contributed by atoms with van der Waals surface area (Å²) in [5, 5.41) is 6.87. The van der Waals surface area contributed by atoms with Crippen LogP contribution in [0.5, 0.6) is 0 Å². The maximum absolute atomic E-state index is 13.1. The highest BCUT2D eigenvalue weighted by Gasteiger charge is 2.24. The van der Waals surface area contributed by atoms with E-state index in [0.29, 0.717) is 11.4 Å². The number of nitrogens with one attached hydrogen (secondary N) is 1. The molecule has 0 unspecified atom stereocenters. The van der Waals surface area contributed by atoms with Crippen LogP contribution in [-0.2, 0) is 14.3 Å². The van der Waals surface area contributed by atoms with Gasteiger partial charge in [-0.15, -0.1) is 0 Å². The summed E-state index contributed by atoms with van der Waals surface area (Å²) in [5.74, 6) is -2.04. The standard InChI is InChI=1S/C20H24ClFN4O4/c1-5-25(10-16(27)23-12(2)3)17(28)11-30-20(29)18-13(4)24-26(19(18)21)15-8-6-14(22)7-9-15/h6-9,12H,5,10-11H2,1-4H3,(H,23,27). The van der Waals surface area contributed by atoms with Crippen LogP contribution in [0.15, 0.2) is 24.3 Å². The molecular weight excluding hydrogens is 415 g/mol. The van der Waals surface area contributed by atoms with Crippen LogP contribution in [0.2, 0.25) is 5.15 Å². The third kappa shape index (κ3) is 5.79. The molecule has 8 nitrogen and oxygen atoms in total. The lowest BCUT2D eigenvalue weighted by Gasteiger charge is -2.21. The monoisotopic (exact) mass is 438 g/mol. The van der Waals surface area contributed by atoms with E-state index in [9.17, 15) is 18.8 Å². The highest BCUT2D eigenvalue weighted by atomic mass is 35.5. The topological polar surface area (TPSA) is 93.5 Å². The second kappa shape index (κ2) is 10.2. The number of hydrogen-bond acceptors (Lipinski definition) is 5. The zero-order valence-electron chi connectivity index (χ0n) is 17.2. The molecule has 1 heterocycles. The lowest BCUT2D eigenvalue weighted by molar-refractivity contribution is -0.138. The quantitative estimate of drug-likeness (QED) is 0.639. The molecule has 0 radical (unpaired) electrons. The van der Waals surface area contributed by atoms with Gasteiger partial charge in [-0.3, -0.25) is 9.59 Å². The molecule has 0 fully saturated rings. The number of hydrogen-bond donors (Lipinski definition) is 1. The first kappa shape index (κ1) is 23.3. The van der Waals surface area contributed by atoms with Gasteiger partial charge in [0.25, 0.3) is 5.91 Å². The number of aryl methyl sites for hydroxylation is 1. The molecule has 2 amide bonds. The normalized spacial score (nSPS) is 10.8. The number of carbonyl (C=O) groups is 3. The Balaban J connectivity index is 2.06. The summed E-state index contributed by atoms with van der Waals surface area (Å²) in [6.07, 6.45) is 0. The molecule has 162 valence electrons. The van der Waals surface area contributed by atoms with Gasteiger partial charge in [0.05, 0.1) is 17.9 Å². The summed E-state index contributed by atoms with van der Waals surface area (Å²) in [6, 6.07) is 5.37. The molecule has 0 aliphatic carbocycles. The van der Waals surface area contributed by atoms with Gasteiger partial charge < -0.3 is 15.0 Å². The molecule has 0 aliphatic rings. The van der Waals surface area contributed by atoms with Crippen LogP contribution >= 0.6 is 11.6 Å². The van der Waals surface area contributed by atoms with Gasteiger partial charge in [-0.05, 0) is 52.0 Å². The molecule has 0 saturated heterocycles. The predicted octanol–water partition coefficient (Wildman–Crippen LogP) is 2.50. The molecule has 0 aliphatic heterocycles. The maximum atomic E-state index is 13.1. The summed E-state index contributed by atoms with van der Waals surface area (Å²) in [7, 11) is 0. The molecule has 1 aromatic heterocycles. The van der Waals surface area contributed by atoms with E-state index in [4.69, 9.17) is 16.3 Å². The second-order valence-corrected chi connectivity index (χ2v) is 7.20. The van der Waals surface area contributed by atoms with Crippen LogP contribution in [0.4, 0.5) is 4.39 Å². The van der Waals surface area contributed by atoms with Crippen molar-refractivity contribution in [3.63, 3.8) is 0 Å². The number of amides is 2. The number of rotatable bonds is 8. The van der Waals surface area contributed by atoms with Crippen molar-refractivity contribution < 1.29 is 23.5 Å². The molecule has 2 rings (SSSR count). The zero-order valence-corrected chi connectivity index (χ0v) is 18.0. The van der Waals surface area contributed by atoms with E-state index in [2.05, 4.69) is 10.4 Å². The average molecular weight is 439 g/mol. The first-order valence-corrected chi connectivity index (χ1v) is 9.77. The van der Waals surface area contributed by atoms with Crippen molar-refractivity contribution in [1.82, 2.24) is 20.0 Å². The van der Waals surface area contributed by atoms with Crippen molar-refractivity contribution in [2.24, 2.45) is 0 Å². The van der Waals surface area contributed by atoms with Crippen LogP contribution in [0.1, 0.15) is 36.8 Å². The average Bonchev–Trinajstić information content (AvgIpc) is 2.98. The van der Waals surface area contributed by atoms with E-state index in [1.807, 2.05) is 13.8 Å². The lowest BCUT2D eigenvalue weighted by Crippen LogP contribution is -2.44. The number of likely N-dealkylation sites (N-methyl/N-ethyl adjacent to an activating group) is 1. The zero-order chi connectivity index (χ0) is 22.4. The molecule has 0 saturated carbocycles. The Kier molecular flexibility index (Phi) is 7.93. The Morgan fingerprint density at radius 3 is 2.47 bits per heavy atom. The molecule has 30 heavy (non-hydrogen) atoms. The third-order valence-electron chi connectivity index (χ3n) is 4.12. The fraction of sp³-hybridized carbons (Fsp3) is 0.400. The molecule has 1 aromatic carbocycles. The van der Waals surface area contributed by atoms with Gasteiger partial charge in [0.15, 0.2) is 6.61 Å². The first-order chi connectivity index (χ1) is 14.1. The van der Waals surface area contributed by atoms with E-state index >= 15 is 0 Å². The van der Waals surface area contributed by atoms with Crippen LogP contribution < -0.4 is 5.32 Å². The van der Waals surface area contributed by atoms with Crippen molar-refractivity contribution in [3.05, 3.63) is 46.5 Å². The van der Waals surface area contributed by atoms with Gasteiger partial charge in [0, 0.05) is 12.6 Å². The lowest BCUT2D eigenvalue weighted by atomic mass is 10.2. The van der Waals surface area contributed by atoms with Crippen molar-refractivity contribution in [3.8, 4) is 5.69 Å². The summed E-state index contributed by atoms with van der Waals surface area (Å²) < 4.78 is 19.5. The minimum Gasteiger partial charge on any atom is -0.452 e. The maximum Gasteiger partial charge on any atom is 0.343 e. The fourth-order valence-corrected chi connectivity index (χ4v) is 3.04. The van der Waals surface area contributed by atoms with E-state index < -0.39 is 24.3 Å². The number of halogens is 2. The van der Waals surface area contributed by atoms with Crippen LogP contribution in [0.3, 0.4) is 0 Å². The summed E-state index contributed by atoms with van der Waals surface area (Å²) in [5.41, 5.74) is 0.771. The summed E-state index contributed by atoms with van der Waals surface area (Å²) in [6.45, 7) is 6.53. The van der Waals surface area contributed by atoms with E-state index in [-0.39, 0.29) is 35.8 Å². The highest BCUT2D eigenvalue weighted by molar-refractivity contribution is 6.33. The Bertz CT molecular complexity index is 928. The second-order valence-electron chi connectivity index (χ2n) is 6.85. The number of aromatic nitrogens is 2. The molecule has 1 N–H and O–H groups in total. The molecule has 2 aromatic rings. The summed E-state index contributed by atoms with van der Waals surface area (Å²) in [4.78, 5) is 38.0. The summed E-state index contributed by atoms with van der Waals surface area (Å²) >= 11 is 6.28. The number of nitrogens with zero attached hydrogens (tertiary/aromatic N) is 3. The molecular formula is C20H24ClFN4O4. The van der Waals surface area contributed by atoms with Crippen LogP contribution in [-0.4, -0.2) is 58.2 Å². The fourth-order valence-electron chi connectivity index (χ4n) is 2.69. The molecule has 0 spiro atoms. The number of ether oxygens (including phenoxy) is 1. The van der Waals surface area contributed by atoms with E-state index in [1.54, 1.807) is 13.8 Å². The highest BCUT2D eigenvalue weighted by Crippen LogP contribution is 2.24. The van der Waals surface area contributed by atoms with Gasteiger partial charge in [0.2, 0.25) is 5.91 Å². The Hall–Kier alpha value is -2.94. The number of esters is 1. The van der Waals surface area contributed by atoms with Gasteiger partial charge in [0.1, 0.15) is 16.5 Å². The minimum absolute atomic E-state index is 0.00870. The molecule has 0 bridgehead atoms. The van der Waals surface area contributed by atoms with E-state index in [0.717, 1.165) is 0 Å². The third-order valence-corrected chi connectivity index (χ3v) is 4.47. The largest absolute Gasteiger partial charge is 0.452 e. The smallest absolute Gasteiger partial charge is 0.343 e. The first-order valence-electron chi connectivity index (χ1n) is 9.39. The van der Waals surface area contributed by atoms with Gasteiger partial charge in [-0.1, -0.05) is 11.6 Å². The molecule has 10 heteroatoms. The number of benzene rings is 1. The Labute approximate surface area is 178 Å². The van der Waals surface area contributed by atoms with Crippen molar-refractivity contribution in [2.75, 3.05) is 19.7 Å². The van der Waals surface area contributed by atoms with Crippen molar-refractivity contribution in [1.29, 1.82) is 0 Å². The van der Waals surface area contributed by atoms with Crippen LogP contribution in [0, 0.1) is 12.7 Å². The van der Waals surface area contributed by atoms with Crippen molar-refractivity contribution in [2.45, 2.75) is 33.7 Å². The van der Waals surface area contributed by atoms with Crippen LogP contribution in [0.25, 0.3) is 5.69 Å². The number of carbonyl (C=O) groups excluding carboxylic acids is 3. The Morgan fingerprint density at radius 1 is 1.27 bits per heavy atom.